The number of carbonyl (C=O) groups excluding carboxylic acids is 1. The molecule has 0 aliphatic heterocycles. The topological polar surface area (TPSA) is 65.4 Å². The lowest BCUT2D eigenvalue weighted by Crippen LogP contribution is -2.30. The number of carbonyl (C=O) groups is 1. The van der Waals surface area contributed by atoms with Gasteiger partial charge in [-0.05, 0) is 75.7 Å². The lowest BCUT2D eigenvalue weighted by molar-refractivity contribution is -0.115. The first kappa shape index (κ1) is 25.2. The Morgan fingerprint density at radius 1 is 1.03 bits per heavy atom. The van der Waals surface area contributed by atoms with Gasteiger partial charge in [0.05, 0.1) is 24.1 Å². The molecule has 0 radical (unpaired) electrons. The fourth-order valence-electron chi connectivity index (χ4n) is 4.13. The van der Waals surface area contributed by atoms with Gasteiger partial charge in [0, 0.05) is 18.3 Å². The molecule has 6 nitrogen and oxygen atoms in total. The summed E-state index contributed by atoms with van der Waals surface area (Å²) in [4.78, 5) is 17.4. The van der Waals surface area contributed by atoms with Gasteiger partial charge in [-0.1, -0.05) is 12.1 Å². The summed E-state index contributed by atoms with van der Waals surface area (Å²) in [6.45, 7) is 8.65. The third-order valence-electron chi connectivity index (χ3n) is 5.74. The first-order chi connectivity index (χ1) is 17.2. The number of nitrogens with one attached hydrogen (secondary N) is 1. The van der Waals surface area contributed by atoms with Gasteiger partial charge in [0.15, 0.2) is 23.0 Å². The number of benzene rings is 3. The van der Waals surface area contributed by atoms with E-state index in [0.717, 1.165) is 29.0 Å². The standard InChI is InChI=1S/C28H29F2N3O3/c1-5-33-24-13-10-20(31-26(34)15-18-7-11-21(12-8-18)35-6-2)17-23(24)32-27(33)28(3,4)36-25-14-9-19(29)16-22(25)30/h7-14,16-17H,5-6,15H2,1-4H3,(H,31,34). The number of halogens is 2. The van der Waals surface area contributed by atoms with Gasteiger partial charge < -0.3 is 19.4 Å². The Kier molecular flexibility index (Phi) is 7.24. The molecule has 4 rings (SSSR count). The molecular weight excluding hydrogens is 464 g/mol. The molecule has 8 heteroatoms. The van der Waals surface area contributed by atoms with Gasteiger partial charge in [-0.3, -0.25) is 4.79 Å². The van der Waals surface area contributed by atoms with Crippen molar-refractivity contribution in [3.8, 4) is 11.5 Å². The van der Waals surface area contributed by atoms with Gasteiger partial charge in [-0.2, -0.15) is 0 Å². The molecule has 1 N–H and O–H groups in total. The van der Waals surface area contributed by atoms with Gasteiger partial charge in [-0.15, -0.1) is 0 Å². The summed E-state index contributed by atoms with van der Waals surface area (Å²) in [6, 6.07) is 16.1. The molecule has 3 aromatic carbocycles. The highest BCUT2D eigenvalue weighted by Gasteiger charge is 2.30. The molecule has 0 saturated heterocycles. The summed E-state index contributed by atoms with van der Waals surface area (Å²) in [7, 11) is 0. The fraction of sp³-hybridized carbons (Fsp3) is 0.286. The largest absolute Gasteiger partial charge is 0.494 e. The van der Waals surface area contributed by atoms with E-state index in [9.17, 15) is 13.6 Å². The molecule has 36 heavy (non-hydrogen) atoms. The molecule has 0 bridgehead atoms. The highest BCUT2D eigenvalue weighted by molar-refractivity contribution is 5.94. The summed E-state index contributed by atoms with van der Waals surface area (Å²) in [6.07, 6.45) is 0.225. The highest BCUT2D eigenvalue weighted by atomic mass is 19.1. The first-order valence-electron chi connectivity index (χ1n) is 11.9. The second-order valence-electron chi connectivity index (χ2n) is 8.87. The maximum absolute atomic E-state index is 14.2. The van der Waals surface area contributed by atoms with E-state index in [2.05, 4.69) is 5.32 Å². The molecule has 0 saturated carbocycles. The monoisotopic (exact) mass is 493 g/mol. The Bertz CT molecular complexity index is 1380. The molecule has 188 valence electrons. The predicted octanol–water partition coefficient (Wildman–Crippen LogP) is 6.23. The van der Waals surface area contributed by atoms with Crippen LogP contribution in [0.5, 0.6) is 11.5 Å². The van der Waals surface area contributed by atoms with Crippen LogP contribution >= 0.6 is 0 Å². The zero-order valence-electron chi connectivity index (χ0n) is 20.8. The molecule has 1 amide bonds. The maximum atomic E-state index is 14.2. The average molecular weight is 494 g/mol. The molecule has 0 aliphatic rings. The van der Waals surface area contributed by atoms with Crippen LogP contribution < -0.4 is 14.8 Å². The van der Waals surface area contributed by atoms with Crippen molar-refractivity contribution < 1.29 is 23.0 Å². The highest BCUT2D eigenvalue weighted by Crippen LogP contribution is 2.32. The van der Waals surface area contributed by atoms with Crippen molar-refractivity contribution >= 4 is 22.6 Å². The van der Waals surface area contributed by atoms with E-state index < -0.39 is 17.2 Å². The van der Waals surface area contributed by atoms with Crippen molar-refractivity contribution in [2.75, 3.05) is 11.9 Å². The van der Waals surface area contributed by atoms with Gasteiger partial charge in [0.1, 0.15) is 11.6 Å². The Morgan fingerprint density at radius 2 is 1.78 bits per heavy atom. The number of hydrogen-bond acceptors (Lipinski definition) is 4. The Labute approximate surface area is 208 Å². The SMILES string of the molecule is CCOc1ccc(CC(=O)Nc2ccc3c(c2)nc(C(C)(C)Oc2ccc(F)cc2F)n3CC)cc1. The molecule has 1 heterocycles. The Morgan fingerprint density at radius 3 is 2.44 bits per heavy atom. The molecular formula is C28H29F2N3O3. The van der Waals surface area contributed by atoms with Crippen molar-refractivity contribution in [3.63, 3.8) is 0 Å². The van der Waals surface area contributed by atoms with Crippen molar-refractivity contribution in [2.45, 2.75) is 46.3 Å². The number of rotatable bonds is 9. The van der Waals surface area contributed by atoms with Gasteiger partial charge in [-0.25, -0.2) is 13.8 Å². The minimum absolute atomic E-state index is 0.0571. The predicted molar refractivity (Wildman–Crippen MR) is 135 cm³/mol. The zero-order chi connectivity index (χ0) is 25.9. The molecule has 4 aromatic rings. The molecule has 0 fully saturated rings. The third kappa shape index (κ3) is 5.48. The number of aryl methyl sites for hydroxylation is 1. The number of aromatic nitrogens is 2. The van der Waals surface area contributed by atoms with Crippen LogP contribution in [0.15, 0.2) is 60.7 Å². The van der Waals surface area contributed by atoms with Crippen LogP contribution in [0.2, 0.25) is 0 Å². The molecule has 0 spiro atoms. The lowest BCUT2D eigenvalue weighted by Gasteiger charge is -2.26. The number of imidazole rings is 1. The number of fused-ring (bicyclic) bond motifs is 1. The van der Waals surface area contributed by atoms with E-state index in [4.69, 9.17) is 14.5 Å². The number of nitrogens with zero attached hydrogens (tertiary/aromatic N) is 2. The van der Waals surface area contributed by atoms with Crippen molar-refractivity contribution in [1.29, 1.82) is 0 Å². The third-order valence-corrected chi connectivity index (χ3v) is 5.74. The van der Waals surface area contributed by atoms with Crippen LogP contribution in [0.4, 0.5) is 14.5 Å². The quantitative estimate of drug-likeness (QED) is 0.300. The number of amides is 1. The van der Waals surface area contributed by atoms with Crippen LogP contribution in [0, 0.1) is 11.6 Å². The second kappa shape index (κ2) is 10.4. The molecule has 0 atom stereocenters. The van der Waals surface area contributed by atoms with Gasteiger partial charge >= 0.3 is 0 Å². The summed E-state index contributed by atoms with van der Waals surface area (Å²) in [5.74, 6) is -0.303. The minimum Gasteiger partial charge on any atom is -0.494 e. The molecule has 0 aliphatic carbocycles. The Balaban J connectivity index is 1.54. The van der Waals surface area contributed by atoms with Crippen LogP contribution in [-0.4, -0.2) is 22.1 Å². The van der Waals surface area contributed by atoms with E-state index in [1.165, 1.54) is 6.07 Å². The maximum Gasteiger partial charge on any atom is 0.228 e. The van der Waals surface area contributed by atoms with Gasteiger partial charge in [0.25, 0.3) is 0 Å². The van der Waals surface area contributed by atoms with Crippen molar-refractivity contribution in [3.05, 3.63) is 83.7 Å². The Hall–Kier alpha value is -3.94. The van der Waals surface area contributed by atoms with Gasteiger partial charge in [0.2, 0.25) is 5.91 Å². The summed E-state index contributed by atoms with van der Waals surface area (Å²) in [5.41, 5.74) is 2.01. The summed E-state index contributed by atoms with van der Waals surface area (Å²) in [5, 5.41) is 2.92. The number of ether oxygens (including phenoxy) is 2. The fourth-order valence-corrected chi connectivity index (χ4v) is 4.13. The lowest BCUT2D eigenvalue weighted by atomic mass is 10.1. The van der Waals surface area contributed by atoms with Crippen LogP contribution in [0.1, 0.15) is 39.1 Å². The van der Waals surface area contributed by atoms with Crippen molar-refractivity contribution in [1.82, 2.24) is 9.55 Å². The zero-order valence-corrected chi connectivity index (χ0v) is 20.8. The molecule has 0 unspecified atom stereocenters. The normalized spacial score (nSPS) is 11.5. The first-order valence-corrected chi connectivity index (χ1v) is 11.9. The average Bonchev–Trinajstić information content (AvgIpc) is 3.21. The van der Waals surface area contributed by atoms with E-state index in [1.807, 2.05) is 54.8 Å². The van der Waals surface area contributed by atoms with Crippen LogP contribution in [0.25, 0.3) is 11.0 Å². The number of anilines is 1. The van der Waals surface area contributed by atoms with E-state index in [0.29, 0.717) is 30.2 Å². The van der Waals surface area contributed by atoms with Crippen LogP contribution in [-0.2, 0) is 23.4 Å². The van der Waals surface area contributed by atoms with Crippen molar-refractivity contribution in [2.24, 2.45) is 0 Å². The minimum atomic E-state index is -1.01. The van der Waals surface area contributed by atoms with E-state index in [-0.39, 0.29) is 18.1 Å². The second-order valence-corrected chi connectivity index (χ2v) is 8.87. The number of hydrogen-bond donors (Lipinski definition) is 1. The molecule has 1 aromatic heterocycles. The van der Waals surface area contributed by atoms with E-state index in [1.54, 1.807) is 19.9 Å². The summed E-state index contributed by atoms with van der Waals surface area (Å²) < 4.78 is 40.9. The smallest absolute Gasteiger partial charge is 0.228 e. The van der Waals surface area contributed by atoms with Crippen LogP contribution in [0.3, 0.4) is 0 Å². The van der Waals surface area contributed by atoms with E-state index >= 15 is 0 Å². The summed E-state index contributed by atoms with van der Waals surface area (Å²) >= 11 is 0.